The Hall–Kier alpha value is -2.64. The van der Waals surface area contributed by atoms with Gasteiger partial charge in [0.1, 0.15) is 12.4 Å². The summed E-state index contributed by atoms with van der Waals surface area (Å²) in [6.45, 7) is -0.941. The summed E-state index contributed by atoms with van der Waals surface area (Å²) in [5, 5.41) is 12.6. The van der Waals surface area contributed by atoms with E-state index in [-0.39, 0.29) is 11.3 Å². The van der Waals surface area contributed by atoms with Gasteiger partial charge in [-0.1, -0.05) is 0 Å². The number of carbonyl (C=O) groups excluding carboxylic acids is 2. The monoisotopic (exact) mass is 269 g/mol. The van der Waals surface area contributed by atoms with Crippen molar-refractivity contribution >= 4 is 23.5 Å². The summed E-state index contributed by atoms with van der Waals surface area (Å²) in [4.78, 5) is 32.8. The van der Waals surface area contributed by atoms with Crippen LogP contribution in [0.5, 0.6) is 0 Å². The number of carbonyl (C=O) groups is 3. The zero-order valence-electron chi connectivity index (χ0n) is 9.77. The molecular formula is C11H12FN3O4. The van der Waals surface area contributed by atoms with E-state index < -0.39 is 36.7 Å². The number of rotatable bonds is 5. The molecule has 0 aromatic heterocycles. The number of hydrogen-bond acceptors (Lipinski definition) is 4. The molecule has 0 spiro atoms. The molecule has 1 aromatic carbocycles. The average molecular weight is 269 g/mol. The van der Waals surface area contributed by atoms with Crippen LogP contribution in [0.25, 0.3) is 0 Å². The number of carboxylic acid groups (broad SMARTS) is 1. The highest BCUT2D eigenvalue weighted by atomic mass is 19.1. The van der Waals surface area contributed by atoms with Crippen molar-refractivity contribution in [2.75, 3.05) is 18.8 Å². The summed E-state index contributed by atoms with van der Waals surface area (Å²) < 4.78 is 13.1. The Morgan fingerprint density at radius 3 is 2.47 bits per heavy atom. The van der Waals surface area contributed by atoms with Gasteiger partial charge in [0.25, 0.3) is 5.91 Å². The molecule has 102 valence electrons. The topological polar surface area (TPSA) is 122 Å². The number of halogens is 1. The largest absolute Gasteiger partial charge is 0.480 e. The number of benzene rings is 1. The Morgan fingerprint density at radius 1 is 1.21 bits per heavy atom. The Labute approximate surface area is 107 Å². The maximum absolute atomic E-state index is 13.1. The van der Waals surface area contributed by atoms with Crippen molar-refractivity contribution in [2.24, 2.45) is 0 Å². The van der Waals surface area contributed by atoms with Crippen molar-refractivity contribution in [3.05, 3.63) is 29.6 Å². The smallest absolute Gasteiger partial charge is 0.322 e. The molecule has 0 heterocycles. The highest BCUT2D eigenvalue weighted by molar-refractivity contribution is 5.97. The molecular weight excluding hydrogens is 257 g/mol. The van der Waals surface area contributed by atoms with E-state index in [2.05, 4.69) is 10.6 Å². The molecule has 7 nitrogen and oxygen atoms in total. The minimum absolute atomic E-state index is 0.0118. The van der Waals surface area contributed by atoms with Crippen LogP contribution in [0.15, 0.2) is 18.2 Å². The lowest BCUT2D eigenvalue weighted by Gasteiger charge is -2.06. The van der Waals surface area contributed by atoms with Gasteiger partial charge in [0.15, 0.2) is 0 Å². The van der Waals surface area contributed by atoms with Gasteiger partial charge in [-0.15, -0.1) is 0 Å². The standard InChI is InChI=1S/C11H12FN3O4/c12-7-3-6(1-2-8(7)13)11(19)15-4-9(16)14-5-10(17)18/h1-3H,4-5,13H2,(H,14,16)(H,15,19)(H,17,18). The molecule has 5 N–H and O–H groups in total. The fraction of sp³-hybridized carbons (Fsp3) is 0.182. The summed E-state index contributed by atoms with van der Waals surface area (Å²) in [7, 11) is 0. The molecule has 0 radical (unpaired) electrons. The van der Waals surface area contributed by atoms with Crippen molar-refractivity contribution in [1.29, 1.82) is 0 Å². The minimum Gasteiger partial charge on any atom is -0.480 e. The van der Waals surface area contributed by atoms with Crippen LogP contribution < -0.4 is 16.4 Å². The number of anilines is 1. The SMILES string of the molecule is Nc1ccc(C(=O)NCC(=O)NCC(=O)O)cc1F. The molecule has 1 aromatic rings. The second-order valence-corrected chi connectivity index (χ2v) is 3.59. The number of nitrogen functional groups attached to an aromatic ring is 1. The van der Waals surface area contributed by atoms with Crippen molar-refractivity contribution in [3.8, 4) is 0 Å². The highest BCUT2D eigenvalue weighted by Gasteiger charge is 2.10. The maximum atomic E-state index is 13.1. The summed E-state index contributed by atoms with van der Waals surface area (Å²) in [6, 6.07) is 3.48. The van der Waals surface area contributed by atoms with Gasteiger partial charge in [-0.2, -0.15) is 0 Å². The highest BCUT2D eigenvalue weighted by Crippen LogP contribution is 2.11. The molecule has 0 bridgehead atoms. The van der Waals surface area contributed by atoms with Crippen molar-refractivity contribution in [1.82, 2.24) is 10.6 Å². The second-order valence-electron chi connectivity index (χ2n) is 3.59. The van der Waals surface area contributed by atoms with Crippen molar-refractivity contribution in [2.45, 2.75) is 0 Å². The molecule has 0 saturated heterocycles. The van der Waals surface area contributed by atoms with E-state index in [9.17, 15) is 18.8 Å². The zero-order chi connectivity index (χ0) is 14.4. The van der Waals surface area contributed by atoms with Gasteiger partial charge in [0, 0.05) is 5.56 Å². The lowest BCUT2D eigenvalue weighted by molar-refractivity contribution is -0.137. The molecule has 1 rings (SSSR count). The predicted molar refractivity (Wildman–Crippen MR) is 63.8 cm³/mol. The molecule has 0 aliphatic rings. The summed E-state index contributed by atoms with van der Waals surface area (Å²) in [6.07, 6.45) is 0. The van der Waals surface area contributed by atoms with E-state index >= 15 is 0 Å². The van der Waals surface area contributed by atoms with Crippen LogP contribution in [0, 0.1) is 5.82 Å². The van der Waals surface area contributed by atoms with Gasteiger partial charge in [-0.25, -0.2) is 4.39 Å². The van der Waals surface area contributed by atoms with E-state index in [1.54, 1.807) is 0 Å². The predicted octanol–water partition coefficient (Wildman–Crippen LogP) is -0.661. The van der Waals surface area contributed by atoms with Gasteiger partial charge in [-0.05, 0) is 18.2 Å². The first kappa shape index (κ1) is 14.4. The fourth-order valence-electron chi connectivity index (χ4n) is 1.17. The maximum Gasteiger partial charge on any atom is 0.322 e. The van der Waals surface area contributed by atoms with Gasteiger partial charge in [0.05, 0.1) is 12.2 Å². The molecule has 0 fully saturated rings. The lowest BCUT2D eigenvalue weighted by Crippen LogP contribution is -2.39. The molecule has 0 aliphatic carbocycles. The Kier molecular flexibility index (Phi) is 4.81. The first-order valence-electron chi connectivity index (χ1n) is 5.22. The Morgan fingerprint density at radius 2 is 1.89 bits per heavy atom. The van der Waals surface area contributed by atoms with Crippen LogP contribution in [-0.2, 0) is 9.59 Å². The number of carboxylic acids is 1. The number of amides is 2. The van der Waals surface area contributed by atoms with E-state index in [4.69, 9.17) is 10.8 Å². The van der Waals surface area contributed by atoms with Crippen molar-refractivity contribution in [3.63, 3.8) is 0 Å². The first-order chi connectivity index (χ1) is 8.90. The van der Waals surface area contributed by atoms with Gasteiger partial charge in [0.2, 0.25) is 5.91 Å². The van der Waals surface area contributed by atoms with Crippen LogP contribution in [0.4, 0.5) is 10.1 Å². The number of nitrogens with two attached hydrogens (primary N) is 1. The third-order valence-corrected chi connectivity index (χ3v) is 2.11. The molecule has 0 saturated carbocycles. The van der Waals surface area contributed by atoms with Crippen LogP contribution >= 0.6 is 0 Å². The van der Waals surface area contributed by atoms with Crippen LogP contribution in [0.1, 0.15) is 10.4 Å². The van der Waals surface area contributed by atoms with Gasteiger partial charge >= 0.3 is 5.97 Å². The normalized spacial score (nSPS) is 9.74. The van der Waals surface area contributed by atoms with E-state index in [0.717, 1.165) is 6.07 Å². The fourth-order valence-corrected chi connectivity index (χ4v) is 1.17. The third kappa shape index (κ3) is 4.62. The summed E-state index contributed by atoms with van der Waals surface area (Å²) in [5.74, 6) is -3.25. The Balaban J connectivity index is 2.49. The van der Waals surface area contributed by atoms with Gasteiger partial charge in [-0.3, -0.25) is 14.4 Å². The summed E-state index contributed by atoms with van der Waals surface area (Å²) >= 11 is 0. The molecule has 19 heavy (non-hydrogen) atoms. The van der Waals surface area contributed by atoms with E-state index in [0.29, 0.717) is 0 Å². The zero-order valence-corrected chi connectivity index (χ0v) is 9.77. The van der Waals surface area contributed by atoms with Gasteiger partial charge < -0.3 is 21.5 Å². The molecule has 0 atom stereocenters. The van der Waals surface area contributed by atoms with Crippen LogP contribution in [-0.4, -0.2) is 36.0 Å². The van der Waals surface area contributed by atoms with Crippen LogP contribution in [0.2, 0.25) is 0 Å². The lowest BCUT2D eigenvalue weighted by atomic mass is 10.2. The number of nitrogens with one attached hydrogen (secondary N) is 2. The van der Waals surface area contributed by atoms with E-state index in [1.165, 1.54) is 12.1 Å². The molecule has 8 heteroatoms. The Bertz CT molecular complexity index is 519. The average Bonchev–Trinajstić information content (AvgIpc) is 2.36. The first-order valence-corrected chi connectivity index (χ1v) is 5.22. The minimum atomic E-state index is -1.19. The third-order valence-electron chi connectivity index (χ3n) is 2.11. The van der Waals surface area contributed by atoms with E-state index in [1.807, 2.05) is 0 Å². The number of hydrogen-bond donors (Lipinski definition) is 4. The molecule has 0 aliphatic heterocycles. The molecule has 2 amide bonds. The number of aliphatic carboxylic acids is 1. The second kappa shape index (κ2) is 6.34. The molecule has 0 unspecified atom stereocenters. The van der Waals surface area contributed by atoms with Crippen LogP contribution in [0.3, 0.4) is 0 Å². The quantitative estimate of drug-likeness (QED) is 0.529. The summed E-state index contributed by atoms with van der Waals surface area (Å²) in [5.41, 5.74) is 5.18. The van der Waals surface area contributed by atoms with Crippen molar-refractivity contribution < 1.29 is 23.9 Å².